The third kappa shape index (κ3) is 3.10. The molecule has 0 spiro atoms. The highest BCUT2D eigenvalue weighted by Gasteiger charge is 2.19. The second-order valence-corrected chi connectivity index (χ2v) is 5.51. The maximum atomic E-state index is 4.55. The van der Waals surface area contributed by atoms with E-state index in [1.54, 1.807) is 0 Å². The Morgan fingerprint density at radius 3 is 2.30 bits per heavy atom. The number of rotatable bonds is 5. The summed E-state index contributed by atoms with van der Waals surface area (Å²) in [6.07, 6.45) is 1.00. The summed E-state index contributed by atoms with van der Waals surface area (Å²) in [5, 5.41) is 8.15. The third-order valence-corrected chi connectivity index (χ3v) is 3.92. The van der Waals surface area contributed by atoms with Crippen molar-refractivity contribution in [2.75, 3.05) is 6.54 Å². The van der Waals surface area contributed by atoms with Gasteiger partial charge in [-0.2, -0.15) is 5.10 Å². The van der Waals surface area contributed by atoms with E-state index in [1.807, 2.05) is 11.7 Å². The molecule has 3 heteroatoms. The first-order valence-corrected chi connectivity index (χ1v) is 7.32. The fraction of sp³-hybridized carbons (Fsp3) is 0.471. The number of aryl methyl sites for hydroxylation is 3. The number of likely N-dealkylation sites (N-methyl/N-ethyl adjacent to an activating group) is 1. The van der Waals surface area contributed by atoms with Crippen molar-refractivity contribution in [1.29, 1.82) is 0 Å². The van der Waals surface area contributed by atoms with E-state index in [0.717, 1.165) is 18.7 Å². The van der Waals surface area contributed by atoms with Gasteiger partial charge in [-0.25, -0.2) is 0 Å². The smallest absolute Gasteiger partial charge is 0.0644 e. The molecule has 0 saturated carbocycles. The average molecular weight is 271 g/mol. The number of benzene rings is 1. The summed E-state index contributed by atoms with van der Waals surface area (Å²) in [6.45, 7) is 9.49. The Labute approximate surface area is 122 Å². The van der Waals surface area contributed by atoms with Gasteiger partial charge in [-0.3, -0.25) is 4.68 Å². The van der Waals surface area contributed by atoms with Crippen LogP contribution in [0.1, 0.15) is 41.0 Å². The van der Waals surface area contributed by atoms with E-state index in [1.165, 1.54) is 22.4 Å². The molecule has 0 amide bonds. The molecule has 20 heavy (non-hydrogen) atoms. The zero-order valence-electron chi connectivity index (χ0n) is 13.2. The van der Waals surface area contributed by atoms with Crippen LogP contribution >= 0.6 is 0 Å². The second-order valence-electron chi connectivity index (χ2n) is 5.51. The van der Waals surface area contributed by atoms with Crippen molar-refractivity contribution < 1.29 is 0 Å². The minimum atomic E-state index is 0.330. The summed E-state index contributed by atoms with van der Waals surface area (Å²) in [7, 11) is 2.01. The fourth-order valence-electron chi connectivity index (χ4n) is 2.78. The van der Waals surface area contributed by atoms with E-state index < -0.39 is 0 Å². The van der Waals surface area contributed by atoms with Crippen LogP contribution in [0.15, 0.2) is 24.3 Å². The van der Waals surface area contributed by atoms with Crippen LogP contribution in [0.4, 0.5) is 0 Å². The molecule has 1 unspecified atom stereocenters. The normalized spacial score (nSPS) is 12.7. The van der Waals surface area contributed by atoms with Gasteiger partial charge in [-0.05, 0) is 39.3 Å². The van der Waals surface area contributed by atoms with Crippen LogP contribution in [0.3, 0.4) is 0 Å². The molecule has 1 N–H and O–H groups in total. The SMILES string of the molecule is CCNC(Cc1ccc(C)cc1)c1c(C)nn(C)c1C. The highest BCUT2D eigenvalue weighted by Crippen LogP contribution is 2.24. The molecule has 3 nitrogen and oxygen atoms in total. The van der Waals surface area contributed by atoms with E-state index in [9.17, 15) is 0 Å². The van der Waals surface area contributed by atoms with Crippen molar-refractivity contribution in [2.24, 2.45) is 7.05 Å². The van der Waals surface area contributed by atoms with E-state index >= 15 is 0 Å². The van der Waals surface area contributed by atoms with Gasteiger partial charge in [0.1, 0.15) is 0 Å². The van der Waals surface area contributed by atoms with Gasteiger partial charge in [0.2, 0.25) is 0 Å². The summed E-state index contributed by atoms with van der Waals surface area (Å²) in [5.41, 5.74) is 6.39. The second kappa shape index (κ2) is 6.23. The molecule has 1 atom stereocenters. The molecular weight excluding hydrogens is 246 g/mol. The van der Waals surface area contributed by atoms with Crippen LogP contribution in [-0.4, -0.2) is 16.3 Å². The van der Waals surface area contributed by atoms with Crippen LogP contribution in [0, 0.1) is 20.8 Å². The standard InChI is InChI=1S/C17H25N3/c1-6-18-16(11-15-9-7-12(2)8-10-15)17-13(3)19-20(5)14(17)4/h7-10,16,18H,6,11H2,1-5H3. The summed E-state index contributed by atoms with van der Waals surface area (Å²) in [5.74, 6) is 0. The monoisotopic (exact) mass is 271 g/mol. The first-order valence-electron chi connectivity index (χ1n) is 7.32. The van der Waals surface area contributed by atoms with Crippen molar-refractivity contribution in [1.82, 2.24) is 15.1 Å². The third-order valence-electron chi connectivity index (χ3n) is 3.92. The van der Waals surface area contributed by atoms with Gasteiger partial charge < -0.3 is 5.32 Å². The lowest BCUT2D eigenvalue weighted by atomic mass is 9.96. The molecule has 0 saturated heterocycles. The molecule has 108 valence electrons. The first kappa shape index (κ1) is 14.8. The maximum absolute atomic E-state index is 4.55. The number of nitrogens with one attached hydrogen (secondary N) is 1. The Balaban J connectivity index is 2.29. The predicted octanol–water partition coefficient (Wildman–Crippen LogP) is 3.24. The largest absolute Gasteiger partial charge is 0.310 e. The van der Waals surface area contributed by atoms with Gasteiger partial charge in [0.05, 0.1) is 5.69 Å². The van der Waals surface area contributed by atoms with Crippen LogP contribution < -0.4 is 5.32 Å². The molecule has 1 aromatic heterocycles. The van der Waals surface area contributed by atoms with Gasteiger partial charge >= 0.3 is 0 Å². The van der Waals surface area contributed by atoms with Gasteiger partial charge in [-0.15, -0.1) is 0 Å². The lowest BCUT2D eigenvalue weighted by Gasteiger charge is -2.19. The minimum absolute atomic E-state index is 0.330. The molecule has 1 aromatic carbocycles. The van der Waals surface area contributed by atoms with Gasteiger partial charge in [0.25, 0.3) is 0 Å². The topological polar surface area (TPSA) is 29.9 Å². The zero-order chi connectivity index (χ0) is 14.7. The molecule has 2 aromatic rings. The van der Waals surface area contributed by atoms with Crippen molar-refractivity contribution in [3.05, 3.63) is 52.3 Å². The molecule has 1 heterocycles. The molecular formula is C17H25N3. The van der Waals surface area contributed by atoms with Crippen LogP contribution in [0.5, 0.6) is 0 Å². The summed E-state index contributed by atoms with van der Waals surface area (Å²) in [4.78, 5) is 0. The first-order chi connectivity index (χ1) is 9.52. The summed E-state index contributed by atoms with van der Waals surface area (Å²) >= 11 is 0. The Morgan fingerprint density at radius 2 is 1.80 bits per heavy atom. The maximum Gasteiger partial charge on any atom is 0.0644 e. The summed E-state index contributed by atoms with van der Waals surface area (Å²) < 4.78 is 1.98. The summed E-state index contributed by atoms with van der Waals surface area (Å²) in [6, 6.07) is 9.14. The molecule has 0 bridgehead atoms. The number of hydrogen-bond acceptors (Lipinski definition) is 2. The lowest BCUT2D eigenvalue weighted by Crippen LogP contribution is -2.24. The van der Waals surface area contributed by atoms with Crippen LogP contribution in [-0.2, 0) is 13.5 Å². The van der Waals surface area contributed by atoms with Crippen molar-refractivity contribution in [2.45, 2.75) is 40.2 Å². The Morgan fingerprint density at radius 1 is 1.15 bits per heavy atom. The molecule has 0 radical (unpaired) electrons. The molecule has 2 rings (SSSR count). The highest BCUT2D eigenvalue weighted by atomic mass is 15.3. The van der Waals surface area contributed by atoms with Gasteiger partial charge in [0, 0.05) is 24.3 Å². The number of nitrogens with zero attached hydrogens (tertiary/aromatic N) is 2. The molecule has 0 aliphatic heterocycles. The van der Waals surface area contributed by atoms with Crippen LogP contribution in [0.2, 0.25) is 0 Å². The highest BCUT2D eigenvalue weighted by molar-refractivity contribution is 5.31. The van der Waals surface area contributed by atoms with Gasteiger partial charge in [-0.1, -0.05) is 36.8 Å². The van der Waals surface area contributed by atoms with Crippen molar-refractivity contribution in [3.8, 4) is 0 Å². The number of hydrogen-bond donors (Lipinski definition) is 1. The van der Waals surface area contributed by atoms with E-state index in [0.29, 0.717) is 6.04 Å². The Bertz CT molecular complexity index is 567. The van der Waals surface area contributed by atoms with Crippen LogP contribution in [0.25, 0.3) is 0 Å². The van der Waals surface area contributed by atoms with E-state index in [4.69, 9.17) is 0 Å². The quantitative estimate of drug-likeness (QED) is 0.904. The lowest BCUT2D eigenvalue weighted by molar-refractivity contribution is 0.544. The molecule has 0 aliphatic rings. The van der Waals surface area contributed by atoms with Crippen molar-refractivity contribution in [3.63, 3.8) is 0 Å². The Kier molecular flexibility index (Phi) is 4.61. The zero-order valence-corrected chi connectivity index (χ0v) is 13.2. The average Bonchev–Trinajstić information content (AvgIpc) is 2.66. The molecule has 0 fully saturated rings. The van der Waals surface area contributed by atoms with Crippen molar-refractivity contribution >= 4 is 0 Å². The Hall–Kier alpha value is -1.61. The number of aromatic nitrogens is 2. The van der Waals surface area contributed by atoms with E-state index in [-0.39, 0.29) is 0 Å². The van der Waals surface area contributed by atoms with Gasteiger partial charge in [0.15, 0.2) is 0 Å². The fourth-order valence-corrected chi connectivity index (χ4v) is 2.78. The minimum Gasteiger partial charge on any atom is -0.310 e. The molecule has 0 aliphatic carbocycles. The predicted molar refractivity (Wildman–Crippen MR) is 84.0 cm³/mol. The van der Waals surface area contributed by atoms with E-state index in [2.05, 4.69) is 62.4 Å².